The zero-order chi connectivity index (χ0) is 24.1. The van der Waals surface area contributed by atoms with E-state index in [4.69, 9.17) is 0 Å². The van der Waals surface area contributed by atoms with E-state index >= 15 is 0 Å². The molecular weight excluding hydrogens is 443 g/mol. The second-order valence-electron chi connectivity index (χ2n) is 9.11. The lowest BCUT2D eigenvalue weighted by atomic mass is 9.96. The smallest absolute Gasteiger partial charge is 0.434 e. The molecule has 3 N–H and O–H groups in total. The van der Waals surface area contributed by atoms with Gasteiger partial charge in [-0.2, -0.15) is 17.7 Å². The van der Waals surface area contributed by atoms with E-state index in [1.165, 1.54) is 10.6 Å². The van der Waals surface area contributed by atoms with Crippen molar-refractivity contribution in [2.24, 2.45) is 5.41 Å². The molecule has 1 amide bonds. The lowest BCUT2D eigenvalue weighted by Gasteiger charge is -2.23. The molecule has 1 aliphatic carbocycles. The van der Waals surface area contributed by atoms with Gasteiger partial charge in [0.15, 0.2) is 17.1 Å². The van der Waals surface area contributed by atoms with E-state index < -0.39 is 34.8 Å². The van der Waals surface area contributed by atoms with Gasteiger partial charge in [0, 0.05) is 18.7 Å². The fourth-order valence-corrected chi connectivity index (χ4v) is 3.20. The number of aromatic nitrogens is 5. The van der Waals surface area contributed by atoms with E-state index in [9.17, 15) is 27.9 Å². The number of fused-ring (bicyclic) bond motifs is 1. The predicted molar refractivity (Wildman–Crippen MR) is 111 cm³/mol. The number of anilines is 2. The molecule has 0 radical (unpaired) electrons. The first-order valence-electron chi connectivity index (χ1n) is 10.2. The standard InChI is InChI=1S/C20H22F3N7O3/c1-19(2,3)9-29-14-6-12(27-13-8-24-11(7-25-13)20(21,22)23)28-30(14)18(33)15(17(29)32)16(31)26-10-4-5-10/h6-8,10,32H,4-5,9H2,1-3H3,(H,26,31)(H,25,27,28). The highest BCUT2D eigenvalue weighted by molar-refractivity contribution is 5.96. The van der Waals surface area contributed by atoms with Gasteiger partial charge in [0.25, 0.3) is 11.5 Å². The predicted octanol–water partition coefficient (Wildman–Crippen LogP) is 2.69. The molecule has 0 unspecified atom stereocenters. The lowest BCUT2D eigenvalue weighted by molar-refractivity contribution is -0.141. The van der Waals surface area contributed by atoms with Crippen LogP contribution in [0.15, 0.2) is 23.3 Å². The number of aromatic hydroxyl groups is 1. The Kier molecular flexibility index (Phi) is 5.29. The van der Waals surface area contributed by atoms with Gasteiger partial charge in [0.2, 0.25) is 5.88 Å². The zero-order valence-corrected chi connectivity index (χ0v) is 18.1. The molecular formula is C20H22F3N7O3. The summed E-state index contributed by atoms with van der Waals surface area (Å²) in [4.78, 5) is 32.7. The Bertz CT molecular complexity index is 1270. The summed E-state index contributed by atoms with van der Waals surface area (Å²) in [5, 5.41) is 20.4. The van der Waals surface area contributed by atoms with Gasteiger partial charge in [0.1, 0.15) is 11.5 Å². The van der Waals surface area contributed by atoms with Crippen LogP contribution in [0.1, 0.15) is 49.7 Å². The maximum absolute atomic E-state index is 13.0. The minimum absolute atomic E-state index is 0.0304. The van der Waals surface area contributed by atoms with E-state index in [1.807, 2.05) is 20.8 Å². The summed E-state index contributed by atoms with van der Waals surface area (Å²) in [6.07, 6.45) is -1.56. The lowest BCUT2D eigenvalue weighted by Crippen LogP contribution is -2.35. The van der Waals surface area contributed by atoms with Crippen molar-refractivity contribution < 1.29 is 23.1 Å². The largest absolute Gasteiger partial charge is 0.494 e. The first-order valence-corrected chi connectivity index (χ1v) is 10.2. The number of alkyl halides is 3. The molecule has 1 saturated carbocycles. The molecule has 3 heterocycles. The first-order chi connectivity index (χ1) is 15.3. The number of amides is 1. The molecule has 0 aliphatic heterocycles. The quantitative estimate of drug-likeness (QED) is 0.529. The van der Waals surface area contributed by atoms with Crippen LogP contribution in [0.3, 0.4) is 0 Å². The second-order valence-corrected chi connectivity index (χ2v) is 9.11. The van der Waals surface area contributed by atoms with Crippen molar-refractivity contribution >= 4 is 23.2 Å². The molecule has 3 aromatic heterocycles. The van der Waals surface area contributed by atoms with Crippen molar-refractivity contribution in [3.63, 3.8) is 0 Å². The average molecular weight is 465 g/mol. The van der Waals surface area contributed by atoms with Crippen molar-refractivity contribution in [2.45, 2.75) is 52.4 Å². The molecule has 1 aliphatic rings. The number of halogens is 3. The van der Waals surface area contributed by atoms with Gasteiger partial charge < -0.3 is 15.7 Å². The van der Waals surface area contributed by atoms with Crippen LogP contribution in [0, 0.1) is 5.41 Å². The average Bonchev–Trinajstić information content (AvgIpc) is 3.40. The molecule has 0 aromatic carbocycles. The Hall–Kier alpha value is -3.64. The minimum atomic E-state index is -4.63. The van der Waals surface area contributed by atoms with Crippen LogP contribution in [-0.4, -0.2) is 41.2 Å². The van der Waals surface area contributed by atoms with Gasteiger partial charge in [-0.05, 0) is 18.3 Å². The van der Waals surface area contributed by atoms with Crippen molar-refractivity contribution in [2.75, 3.05) is 5.32 Å². The number of hydrogen-bond acceptors (Lipinski definition) is 7. The summed E-state index contributed by atoms with van der Waals surface area (Å²) in [5.41, 5.74) is -2.55. The highest BCUT2D eigenvalue weighted by atomic mass is 19.4. The molecule has 13 heteroatoms. The van der Waals surface area contributed by atoms with Crippen LogP contribution in [0.2, 0.25) is 0 Å². The number of carbonyl (C=O) groups excluding carboxylic acids is 1. The third kappa shape index (κ3) is 4.76. The van der Waals surface area contributed by atoms with Crippen LogP contribution in [-0.2, 0) is 12.7 Å². The molecule has 0 bridgehead atoms. The summed E-state index contributed by atoms with van der Waals surface area (Å²) in [6, 6.07) is 1.39. The maximum atomic E-state index is 13.0. The van der Waals surface area contributed by atoms with Crippen LogP contribution >= 0.6 is 0 Å². The molecule has 4 rings (SSSR count). The Morgan fingerprint density at radius 1 is 1.18 bits per heavy atom. The van der Waals surface area contributed by atoms with Crippen LogP contribution in [0.4, 0.5) is 24.8 Å². The van der Waals surface area contributed by atoms with Crippen molar-refractivity contribution in [1.29, 1.82) is 0 Å². The SMILES string of the molecule is CC(C)(C)Cn1c(O)c(C(=O)NC2CC2)c(=O)n2nc(Nc3cnc(C(F)(F)F)cn3)cc12. The van der Waals surface area contributed by atoms with Crippen molar-refractivity contribution in [3.05, 3.63) is 40.1 Å². The summed E-state index contributed by atoms with van der Waals surface area (Å²) in [7, 11) is 0. The molecule has 3 aromatic rings. The normalized spacial score (nSPS) is 14.5. The monoisotopic (exact) mass is 465 g/mol. The Balaban J connectivity index is 1.77. The van der Waals surface area contributed by atoms with Gasteiger partial charge in [-0.25, -0.2) is 9.97 Å². The highest BCUT2D eigenvalue weighted by Crippen LogP contribution is 2.29. The van der Waals surface area contributed by atoms with E-state index in [-0.39, 0.29) is 35.3 Å². The van der Waals surface area contributed by atoms with E-state index in [0.29, 0.717) is 6.20 Å². The first kappa shape index (κ1) is 22.6. The number of hydrogen-bond donors (Lipinski definition) is 3. The highest BCUT2D eigenvalue weighted by Gasteiger charge is 2.33. The van der Waals surface area contributed by atoms with Gasteiger partial charge in [-0.1, -0.05) is 20.8 Å². The Morgan fingerprint density at radius 2 is 1.88 bits per heavy atom. The molecule has 0 saturated heterocycles. The third-order valence-corrected chi connectivity index (χ3v) is 4.82. The minimum Gasteiger partial charge on any atom is -0.494 e. The van der Waals surface area contributed by atoms with Crippen molar-refractivity contribution in [1.82, 2.24) is 29.5 Å². The second kappa shape index (κ2) is 7.74. The fourth-order valence-electron chi connectivity index (χ4n) is 3.20. The van der Waals surface area contributed by atoms with Crippen LogP contribution in [0.25, 0.3) is 5.65 Å². The molecule has 0 spiro atoms. The third-order valence-electron chi connectivity index (χ3n) is 4.82. The summed E-state index contributed by atoms with van der Waals surface area (Å²) < 4.78 is 40.5. The van der Waals surface area contributed by atoms with E-state index in [1.54, 1.807) is 0 Å². The molecule has 0 atom stereocenters. The molecule has 176 valence electrons. The number of carbonyl (C=O) groups is 1. The van der Waals surface area contributed by atoms with Crippen molar-refractivity contribution in [3.8, 4) is 5.88 Å². The number of nitrogens with zero attached hydrogens (tertiary/aromatic N) is 5. The number of rotatable bonds is 5. The van der Waals surface area contributed by atoms with Gasteiger partial charge >= 0.3 is 6.18 Å². The maximum Gasteiger partial charge on any atom is 0.434 e. The summed E-state index contributed by atoms with van der Waals surface area (Å²) in [5.74, 6) is -1.13. The zero-order valence-electron chi connectivity index (χ0n) is 18.1. The topological polar surface area (TPSA) is 126 Å². The van der Waals surface area contributed by atoms with Gasteiger partial charge in [-0.3, -0.25) is 14.2 Å². The number of nitrogens with one attached hydrogen (secondary N) is 2. The molecule has 10 nitrogen and oxygen atoms in total. The Labute approximate surface area is 185 Å². The van der Waals surface area contributed by atoms with Gasteiger partial charge in [-0.15, -0.1) is 5.10 Å². The fraction of sp³-hybridized carbons (Fsp3) is 0.450. The van der Waals surface area contributed by atoms with Crippen LogP contribution < -0.4 is 16.2 Å². The molecule has 1 fully saturated rings. The van der Waals surface area contributed by atoms with Crippen LogP contribution in [0.5, 0.6) is 5.88 Å². The Morgan fingerprint density at radius 3 is 2.42 bits per heavy atom. The van der Waals surface area contributed by atoms with Gasteiger partial charge in [0.05, 0.1) is 12.4 Å². The molecule has 33 heavy (non-hydrogen) atoms. The summed E-state index contributed by atoms with van der Waals surface area (Å²) >= 11 is 0. The van der Waals surface area contributed by atoms with E-state index in [2.05, 4.69) is 25.7 Å². The van der Waals surface area contributed by atoms with E-state index in [0.717, 1.165) is 23.6 Å². The summed E-state index contributed by atoms with van der Waals surface area (Å²) in [6.45, 7) is 5.99.